The summed E-state index contributed by atoms with van der Waals surface area (Å²) in [6.07, 6.45) is 5.42. The van der Waals surface area contributed by atoms with Gasteiger partial charge in [-0.05, 0) is 55.7 Å². The molecule has 0 unspecified atom stereocenters. The first-order valence-electron chi connectivity index (χ1n) is 9.63. The number of rotatable bonds is 4. The van der Waals surface area contributed by atoms with Crippen molar-refractivity contribution in [3.8, 4) is 0 Å². The fourth-order valence-electron chi connectivity index (χ4n) is 3.88. The Morgan fingerprint density at radius 1 is 1.14 bits per heavy atom. The molecule has 0 bridgehead atoms. The molecule has 0 atom stereocenters. The first-order valence-corrected chi connectivity index (χ1v) is 10.4. The predicted octanol–water partition coefficient (Wildman–Crippen LogP) is 6.42. The van der Waals surface area contributed by atoms with Crippen LogP contribution in [0.4, 0.5) is 0 Å². The maximum absolute atomic E-state index is 13.4. The van der Waals surface area contributed by atoms with Crippen molar-refractivity contribution < 1.29 is 9.21 Å². The highest BCUT2D eigenvalue weighted by atomic mass is 35.5. The van der Waals surface area contributed by atoms with Gasteiger partial charge in [0.05, 0.1) is 17.1 Å². The van der Waals surface area contributed by atoms with Gasteiger partial charge < -0.3 is 9.32 Å². The van der Waals surface area contributed by atoms with Gasteiger partial charge in [0.2, 0.25) is 5.89 Å². The second-order valence-electron chi connectivity index (χ2n) is 7.43. The van der Waals surface area contributed by atoms with E-state index >= 15 is 0 Å². The smallest absolute Gasteiger partial charge is 0.256 e. The van der Waals surface area contributed by atoms with Crippen molar-refractivity contribution >= 4 is 40.2 Å². The Balaban J connectivity index is 1.66. The minimum atomic E-state index is -0.105. The van der Waals surface area contributed by atoms with Gasteiger partial charge in [-0.25, -0.2) is 4.98 Å². The molecule has 1 aliphatic carbocycles. The summed E-state index contributed by atoms with van der Waals surface area (Å²) in [6.45, 7) is 2.35. The number of carbonyl (C=O) groups excluding carboxylic acids is 1. The molecule has 1 saturated carbocycles. The summed E-state index contributed by atoms with van der Waals surface area (Å²) in [7, 11) is 0. The van der Waals surface area contributed by atoms with E-state index in [4.69, 9.17) is 27.6 Å². The van der Waals surface area contributed by atoms with E-state index in [1.165, 1.54) is 6.42 Å². The first kappa shape index (κ1) is 19.3. The van der Waals surface area contributed by atoms with Crippen LogP contribution in [0.3, 0.4) is 0 Å². The summed E-state index contributed by atoms with van der Waals surface area (Å²) < 4.78 is 5.92. The molecule has 0 spiro atoms. The normalized spacial score (nSPS) is 15.1. The van der Waals surface area contributed by atoms with Gasteiger partial charge in [0.1, 0.15) is 5.52 Å². The third-order valence-electron chi connectivity index (χ3n) is 5.33. The summed E-state index contributed by atoms with van der Waals surface area (Å²) in [6, 6.07) is 11.1. The van der Waals surface area contributed by atoms with E-state index in [0.29, 0.717) is 28.0 Å². The lowest BCUT2D eigenvalue weighted by atomic mass is 9.93. The number of hydrogen-bond donors (Lipinski definition) is 0. The first-order chi connectivity index (χ1) is 13.5. The molecule has 2 aromatic carbocycles. The summed E-state index contributed by atoms with van der Waals surface area (Å²) in [5, 5.41) is 0.881. The molecule has 28 heavy (non-hydrogen) atoms. The van der Waals surface area contributed by atoms with E-state index in [1.54, 1.807) is 18.2 Å². The molecule has 3 aromatic rings. The summed E-state index contributed by atoms with van der Waals surface area (Å²) in [5.41, 5.74) is 3.14. The molecule has 1 aromatic heterocycles. The van der Waals surface area contributed by atoms with Crippen molar-refractivity contribution in [1.82, 2.24) is 9.88 Å². The van der Waals surface area contributed by atoms with Crippen LogP contribution in [-0.2, 0) is 6.54 Å². The molecule has 0 saturated heterocycles. The molecule has 0 N–H and O–H groups in total. The number of aryl methyl sites for hydroxylation is 1. The summed E-state index contributed by atoms with van der Waals surface area (Å²) >= 11 is 12.3. The van der Waals surface area contributed by atoms with Gasteiger partial charge in [-0.1, -0.05) is 48.5 Å². The van der Waals surface area contributed by atoms with Crippen LogP contribution in [0.2, 0.25) is 10.0 Å². The molecular weight excluding hydrogens is 395 g/mol. The maximum atomic E-state index is 13.4. The Bertz CT molecular complexity index is 1010. The van der Waals surface area contributed by atoms with Crippen LogP contribution in [0, 0.1) is 6.92 Å². The van der Waals surface area contributed by atoms with E-state index in [9.17, 15) is 4.79 Å². The van der Waals surface area contributed by atoms with Crippen LogP contribution in [0.15, 0.2) is 40.8 Å². The fourth-order valence-corrected chi connectivity index (χ4v) is 4.36. The number of hydrogen-bond acceptors (Lipinski definition) is 3. The fraction of sp³-hybridized carbons (Fsp3) is 0.364. The minimum Gasteiger partial charge on any atom is -0.439 e. The Morgan fingerprint density at radius 2 is 1.93 bits per heavy atom. The number of fused-ring (bicyclic) bond motifs is 1. The van der Waals surface area contributed by atoms with Gasteiger partial charge in [-0.2, -0.15) is 0 Å². The molecular formula is C22H22Cl2N2O2. The van der Waals surface area contributed by atoms with E-state index in [0.717, 1.165) is 42.3 Å². The molecule has 1 amide bonds. The molecule has 0 radical (unpaired) electrons. The molecule has 1 heterocycles. The lowest BCUT2D eigenvalue weighted by Gasteiger charge is -2.33. The zero-order valence-corrected chi connectivity index (χ0v) is 17.3. The van der Waals surface area contributed by atoms with Crippen LogP contribution in [0.5, 0.6) is 0 Å². The Labute approximate surface area is 174 Å². The third kappa shape index (κ3) is 4.03. The lowest BCUT2D eigenvalue weighted by molar-refractivity contribution is 0.0593. The van der Waals surface area contributed by atoms with Crippen LogP contribution in [0.1, 0.15) is 53.9 Å². The van der Waals surface area contributed by atoms with Crippen molar-refractivity contribution in [1.29, 1.82) is 0 Å². The maximum Gasteiger partial charge on any atom is 0.256 e. The Morgan fingerprint density at radius 3 is 2.68 bits per heavy atom. The summed E-state index contributed by atoms with van der Waals surface area (Å²) in [5.74, 6) is 0.441. The van der Waals surface area contributed by atoms with Gasteiger partial charge in [-0.3, -0.25) is 4.79 Å². The highest BCUT2D eigenvalue weighted by molar-refractivity contribution is 6.36. The number of halogens is 2. The lowest BCUT2D eigenvalue weighted by Crippen LogP contribution is -2.41. The zero-order valence-electron chi connectivity index (χ0n) is 15.8. The van der Waals surface area contributed by atoms with Crippen LogP contribution < -0.4 is 0 Å². The number of carbonyl (C=O) groups is 1. The van der Waals surface area contributed by atoms with Gasteiger partial charge in [0, 0.05) is 11.1 Å². The van der Waals surface area contributed by atoms with Crippen molar-refractivity contribution in [2.75, 3.05) is 0 Å². The van der Waals surface area contributed by atoms with E-state index in [2.05, 4.69) is 4.98 Å². The van der Waals surface area contributed by atoms with Crippen LogP contribution in [-0.4, -0.2) is 21.8 Å². The van der Waals surface area contributed by atoms with E-state index in [1.807, 2.05) is 30.0 Å². The molecule has 6 heteroatoms. The molecule has 4 rings (SSSR count). The number of aromatic nitrogens is 1. The van der Waals surface area contributed by atoms with Crippen molar-refractivity contribution in [2.45, 2.75) is 51.6 Å². The SMILES string of the molecule is Cc1ccc2oc(CN(C(=O)c3ccc(Cl)cc3Cl)C3CCCCC3)nc2c1. The molecule has 0 aliphatic heterocycles. The predicted molar refractivity (Wildman–Crippen MR) is 112 cm³/mol. The van der Waals surface area contributed by atoms with Crippen molar-refractivity contribution in [3.05, 3.63) is 63.5 Å². The molecule has 1 fully saturated rings. The topological polar surface area (TPSA) is 46.3 Å². The Hall–Kier alpha value is -2.04. The quantitative estimate of drug-likeness (QED) is 0.492. The Kier molecular flexibility index (Phi) is 5.61. The van der Waals surface area contributed by atoms with Crippen LogP contribution >= 0.6 is 23.2 Å². The standard InChI is InChI=1S/C22H22Cl2N2O2/c1-14-7-10-20-19(11-14)25-21(28-20)13-26(16-5-3-2-4-6-16)22(27)17-9-8-15(23)12-18(17)24/h7-12,16H,2-6,13H2,1H3. The van der Waals surface area contributed by atoms with Crippen molar-refractivity contribution in [3.63, 3.8) is 0 Å². The highest BCUT2D eigenvalue weighted by Crippen LogP contribution is 2.29. The third-order valence-corrected chi connectivity index (χ3v) is 5.88. The van der Waals surface area contributed by atoms with Gasteiger partial charge in [-0.15, -0.1) is 0 Å². The molecule has 146 valence electrons. The van der Waals surface area contributed by atoms with E-state index < -0.39 is 0 Å². The highest BCUT2D eigenvalue weighted by Gasteiger charge is 2.29. The average Bonchev–Trinajstić information content (AvgIpc) is 3.08. The number of nitrogens with zero attached hydrogens (tertiary/aromatic N) is 2. The second-order valence-corrected chi connectivity index (χ2v) is 8.27. The van der Waals surface area contributed by atoms with E-state index in [-0.39, 0.29) is 11.9 Å². The van der Waals surface area contributed by atoms with Gasteiger partial charge in [0.15, 0.2) is 5.58 Å². The molecule has 4 nitrogen and oxygen atoms in total. The number of amides is 1. The monoisotopic (exact) mass is 416 g/mol. The van der Waals surface area contributed by atoms with Gasteiger partial charge in [0.25, 0.3) is 5.91 Å². The molecule has 1 aliphatic rings. The summed E-state index contributed by atoms with van der Waals surface area (Å²) in [4.78, 5) is 19.9. The zero-order chi connectivity index (χ0) is 19.7. The second kappa shape index (κ2) is 8.14. The van der Waals surface area contributed by atoms with Crippen LogP contribution in [0.25, 0.3) is 11.1 Å². The number of benzene rings is 2. The van der Waals surface area contributed by atoms with Gasteiger partial charge >= 0.3 is 0 Å². The average molecular weight is 417 g/mol. The largest absolute Gasteiger partial charge is 0.439 e. The van der Waals surface area contributed by atoms with Crippen molar-refractivity contribution in [2.24, 2.45) is 0 Å². The minimum absolute atomic E-state index is 0.105. The number of oxazole rings is 1.